The number of rotatable bonds is 7. The summed E-state index contributed by atoms with van der Waals surface area (Å²) in [6, 6.07) is 6.28. The van der Waals surface area contributed by atoms with Gasteiger partial charge in [-0.25, -0.2) is 0 Å². The third kappa shape index (κ3) is 2.95. The molecule has 4 nitrogen and oxygen atoms in total. The predicted octanol–water partition coefficient (Wildman–Crippen LogP) is 3.71. The van der Waals surface area contributed by atoms with Crippen LogP contribution in [0.3, 0.4) is 0 Å². The van der Waals surface area contributed by atoms with Crippen molar-refractivity contribution in [3.8, 4) is 11.5 Å². The number of methoxy groups -OCH3 is 2. The summed E-state index contributed by atoms with van der Waals surface area (Å²) in [5.74, 6) is 1.61. The molecule has 1 aliphatic carbocycles. The fourth-order valence-electron chi connectivity index (χ4n) is 3.08. The van der Waals surface area contributed by atoms with Gasteiger partial charge in [-0.2, -0.15) is 0 Å². The number of hydrogen-bond donors (Lipinski definition) is 1. The SMILES string of the molecule is CCOC1CC(Nc2ccc(OC)cc2OC)C1(C)CC. The summed E-state index contributed by atoms with van der Waals surface area (Å²) in [5, 5.41) is 3.62. The number of anilines is 1. The van der Waals surface area contributed by atoms with E-state index in [0.717, 1.165) is 36.6 Å². The minimum Gasteiger partial charge on any atom is -0.497 e. The van der Waals surface area contributed by atoms with Gasteiger partial charge in [-0.05, 0) is 31.9 Å². The largest absolute Gasteiger partial charge is 0.497 e. The van der Waals surface area contributed by atoms with E-state index in [1.54, 1.807) is 14.2 Å². The molecule has 3 atom stereocenters. The van der Waals surface area contributed by atoms with Crippen molar-refractivity contribution in [1.82, 2.24) is 0 Å². The highest BCUT2D eigenvalue weighted by molar-refractivity contribution is 5.60. The van der Waals surface area contributed by atoms with Crippen molar-refractivity contribution < 1.29 is 14.2 Å². The van der Waals surface area contributed by atoms with Crippen molar-refractivity contribution in [3.63, 3.8) is 0 Å². The second kappa shape index (κ2) is 6.56. The van der Waals surface area contributed by atoms with Gasteiger partial charge >= 0.3 is 0 Å². The van der Waals surface area contributed by atoms with Gasteiger partial charge in [0.2, 0.25) is 0 Å². The Kier molecular flexibility index (Phi) is 4.99. The number of nitrogens with one attached hydrogen (secondary N) is 1. The normalized spacial score (nSPS) is 27.9. The van der Waals surface area contributed by atoms with Crippen molar-refractivity contribution in [1.29, 1.82) is 0 Å². The second-order valence-corrected chi connectivity index (χ2v) is 5.80. The van der Waals surface area contributed by atoms with Gasteiger partial charge in [-0.1, -0.05) is 13.8 Å². The molecule has 1 aromatic carbocycles. The molecule has 0 heterocycles. The molecule has 21 heavy (non-hydrogen) atoms. The molecule has 0 spiro atoms. The molecule has 0 aromatic heterocycles. The Bertz CT molecular complexity index is 477. The van der Waals surface area contributed by atoms with Gasteiger partial charge in [0.1, 0.15) is 11.5 Å². The molecule has 0 amide bonds. The van der Waals surface area contributed by atoms with E-state index in [-0.39, 0.29) is 5.41 Å². The topological polar surface area (TPSA) is 39.7 Å². The molecule has 1 N–H and O–H groups in total. The van der Waals surface area contributed by atoms with E-state index in [1.807, 2.05) is 18.2 Å². The molecule has 118 valence electrons. The lowest BCUT2D eigenvalue weighted by molar-refractivity contribution is -0.109. The summed E-state index contributed by atoms with van der Waals surface area (Å²) in [4.78, 5) is 0. The van der Waals surface area contributed by atoms with Crippen molar-refractivity contribution in [2.45, 2.75) is 45.8 Å². The van der Waals surface area contributed by atoms with E-state index in [1.165, 1.54) is 0 Å². The first kappa shape index (κ1) is 16.0. The van der Waals surface area contributed by atoms with Gasteiger partial charge in [0.05, 0.1) is 26.0 Å². The Morgan fingerprint density at radius 2 is 2.00 bits per heavy atom. The molecular formula is C17H27NO3. The first-order valence-electron chi connectivity index (χ1n) is 7.69. The van der Waals surface area contributed by atoms with Crippen LogP contribution in [-0.2, 0) is 4.74 Å². The molecule has 1 aliphatic rings. The van der Waals surface area contributed by atoms with E-state index in [2.05, 4.69) is 26.1 Å². The van der Waals surface area contributed by atoms with Crippen LogP contribution >= 0.6 is 0 Å². The number of ether oxygens (including phenoxy) is 3. The zero-order valence-electron chi connectivity index (χ0n) is 13.7. The Balaban J connectivity index is 2.12. The minimum absolute atomic E-state index is 0.168. The Labute approximate surface area is 127 Å². The molecule has 0 aliphatic heterocycles. The van der Waals surface area contributed by atoms with Gasteiger partial charge in [-0.3, -0.25) is 0 Å². The first-order valence-corrected chi connectivity index (χ1v) is 7.69. The average molecular weight is 293 g/mol. The second-order valence-electron chi connectivity index (χ2n) is 5.80. The van der Waals surface area contributed by atoms with Crippen molar-refractivity contribution in [2.75, 3.05) is 26.1 Å². The van der Waals surface area contributed by atoms with Crippen LogP contribution in [0.25, 0.3) is 0 Å². The molecular weight excluding hydrogens is 266 g/mol. The summed E-state index contributed by atoms with van der Waals surface area (Å²) in [6.07, 6.45) is 2.47. The van der Waals surface area contributed by atoms with Crippen molar-refractivity contribution in [3.05, 3.63) is 18.2 Å². The smallest absolute Gasteiger partial charge is 0.145 e. The summed E-state index contributed by atoms with van der Waals surface area (Å²) in [6.45, 7) is 7.36. The fraction of sp³-hybridized carbons (Fsp3) is 0.647. The standard InChI is InChI=1S/C17H27NO3/c1-6-17(3)15(11-16(17)21-7-2)18-13-9-8-12(19-4)10-14(13)20-5/h8-10,15-16,18H,6-7,11H2,1-5H3. The zero-order valence-corrected chi connectivity index (χ0v) is 13.7. The molecule has 1 fully saturated rings. The molecule has 1 saturated carbocycles. The quantitative estimate of drug-likeness (QED) is 0.832. The Hall–Kier alpha value is -1.42. The number of hydrogen-bond acceptors (Lipinski definition) is 4. The highest BCUT2D eigenvalue weighted by Crippen LogP contribution is 2.48. The monoisotopic (exact) mass is 293 g/mol. The lowest BCUT2D eigenvalue weighted by atomic mass is 9.61. The summed E-state index contributed by atoms with van der Waals surface area (Å²) >= 11 is 0. The molecule has 1 aromatic rings. The Morgan fingerprint density at radius 1 is 1.24 bits per heavy atom. The van der Waals surface area contributed by atoms with E-state index in [0.29, 0.717) is 12.1 Å². The maximum absolute atomic E-state index is 5.85. The fourth-order valence-corrected chi connectivity index (χ4v) is 3.08. The van der Waals surface area contributed by atoms with Crippen molar-refractivity contribution >= 4 is 5.69 Å². The van der Waals surface area contributed by atoms with E-state index in [4.69, 9.17) is 14.2 Å². The molecule has 2 rings (SSSR count). The van der Waals surface area contributed by atoms with Gasteiger partial charge in [0.25, 0.3) is 0 Å². The highest BCUT2D eigenvalue weighted by atomic mass is 16.5. The molecule has 0 bridgehead atoms. The van der Waals surface area contributed by atoms with Gasteiger partial charge in [0, 0.05) is 24.1 Å². The minimum atomic E-state index is 0.168. The Morgan fingerprint density at radius 3 is 2.57 bits per heavy atom. The van der Waals surface area contributed by atoms with Crippen LogP contribution in [0.2, 0.25) is 0 Å². The summed E-state index contributed by atoms with van der Waals surface area (Å²) in [5.41, 5.74) is 1.18. The zero-order chi connectivity index (χ0) is 15.5. The molecule has 0 radical (unpaired) electrons. The maximum Gasteiger partial charge on any atom is 0.145 e. The average Bonchev–Trinajstić information content (AvgIpc) is 2.53. The van der Waals surface area contributed by atoms with E-state index < -0.39 is 0 Å². The summed E-state index contributed by atoms with van der Waals surface area (Å²) in [7, 11) is 3.34. The van der Waals surface area contributed by atoms with E-state index in [9.17, 15) is 0 Å². The summed E-state index contributed by atoms with van der Waals surface area (Å²) < 4.78 is 16.6. The predicted molar refractivity (Wildman–Crippen MR) is 85.4 cm³/mol. The van der Waals surface area contributed by atoms with Crippen LogP contribution in [0, 0.1) is 5.41 Å². The maximum atomic E-state index is 5.85. The lowest BCUT2D eigenvalue weighted by Crippen LogP contribution is -2.59. The first-order chi connectivity index (χ1) is 10.1. The third-order valence-corrected chi connectivity index (χ3v) is 4.85. The molecule has 4 heteroatoms. The van der Waals surface area contributed by atoms with Crippen molar-refractivity contribution in [2.24, 2.45) is 5.41 Å². The van der Waals surface area contributed by atoms with E-state index >= 15 is 0 Å². The van der Waals surface area contributed by atoms with Crippen LogP contribution in [0.15, 0.2) is 18.2 Å². The van der Waals surface area contributed by atoms with Gasteiger partial charge in [0.15, 0.2) is 0 Å². The van der Waals surface area contributed by atoms with Crippen LogP contribution in [0.5, 0.6) is 11.5 Å². The highest BCUT2D eigenvalue weighted by Gasteiger charge is 2.51. The van der Waals surface area contributed by atoms with Crippen LogP contribution in [0.1, 0.15) is 33.6 Å². The van der Waals surface area contributed by atoms with Gasteiger partial charge < -0.3 is 19.5 Å². The number of benzene rings is 1. The van der Waals surface area contributed by atoms with Crippen LogP contribution in [0.4, 0.5) is 5.69 Å². The lowest BCUT2D eigenvalue weighted by Gasteiger charge is -2.54. The van der Waals surface area contributed by atoms with Gasteiger partial charge in [-0.15, -0.1) is 0 Å². The van der Waals surface area contributed by atoms with Crippen LogP contribution in [-0.4, -0.2) is 33.0 Å². The third-order valence-electron chi connectivity index (χ3n) is 4.85. The molecule has 0 saturated heterocycles. The molecule has 3 unspecified atom stereocenters. The van der Waals surface area contributed by atoms with Crippen LogP contribution < -0.4 is 14.8 Å².